The van der Waals surface area contributed by atoms with E-state index >= 15 is 0 Å². The first-order valence-corrected chi connectivity index (χ1v) is 7.96. The van der Waals surface area contributed by atoms with Gasteiger partial charge >= 0.3 is 0 Å². The van der Waals surface area contributed by atoms with Gasteiger partial charge in [-0.3, -0.25) is 14.6 Å². The van der Waals surface area contributed by atoms with Crippen molar-refractivity contribution in [3.8, 4) is 0 Å². The number of aromatic nitrogens is 1. The number of rotatable bonds is 7. The number of benzene rings is 1. The predicted octanol–water partition coefficient (Wildman–Crippen LogP) is 1.58. The molecule has 1 aromatic carbocycles. The fourth-order valence-corrected chi connectivity index (χ4v) is 2.19. The van der Waals surface area contributed by atoms with Crippen molar-refractivity contribution < 1.29 is 24.2 Å². The Labute approximate surface area is 151 Å². The van der Waals surface area contributed by atoms with E-state index in [1.54, 1.807) is 12.1 Å². The molecule has 1 aromatic heterocycles. The highest BCUT2D eigenvalue weighted by atomic mass is 127. The van der Waals surface area contributed by atoms with E-state index in [9.17, 15) is 9.18 Å². The third-order valence-electron chi connectivity index (χ3n) is 2.92. The minimum atomic E-state index is -1.10. The summed E-state index contributed by atoms with van der Waals surface area (Å²) >= 11 is 1.99. The first kappa shape index (κ1) is 18.5. The maximum absolute atomic E-state index is 13.9. The Hall–Kier alpha value is -1.82. The van der Waals surface area contributed by atoms with E-state index in [4.69, 9.17) is 15.1 Å². The molecular weight excluding hydrogens is 432 g/mol. The van der Waals surface area contributed by atoms with E-state index in [1.165, 1.54) is 24.5 Å². The van der Waals surface area contributed by atoms with Crippen LogP contribution in [-0.4, -0.2) is 40.4 Å². The normalized spacial score (nSPS) is 11.8. The van der Waals surface area contributed by atoms with Crippen molar-refractivity contribution in [3.05, 3.63) is 51.6 Å². The summed E-state index contributed by atoms with van der Waals surface area (Å²) in [6.45, 7) is -0.744. The molecule has 2 aromatic rings. The second-order valence-corrected chi connectivity index (χ2v) is 5.99. The van der Waals surface area contributed by atoms with Gasteiger partial charge in [0.15, 0.2) is 0 Å². The summed E-state index contributed by atoms with van der Waals surface area (Å²) in [6.07, 6.45) is 1.70. The molecule has 0 aliphatic rings. The molecule has 0 aliphatic heterocycles. The maximum atomic E-state index is 13.9. The molecule has 2 rings (SSSR count). The molecule has 1 atom stereocenters. The third-order valence-corrected chi connectivity index (χ3v) is 3.59. The highest BCUT2D eigenvalue weighted by Crippen LogP contribution is 2.23. The number of hydroxylamine groups is 1. The van der Waals surface area contributed by atoms with Crippen molar-refractivity contribution in [2.24, 2.45) is 0 Å². The van der Waals surface area contributed by atoms with Crippen LogP contribution < -0.4 is 10.8 Å². The standard InChI is InChI=1S/C15H15FIN3O4/c16-12-5-9(17)1-2-13(12)19-14-6-18-4-3-11(14)15(23)20-24-8-10(22)7-21/h1-6,10,19,21-22H,7-8H2,(H,20,23)/t10-/m0/s1. The monoisotopic (exact) mass is 447 g/mol. The van der Waals surface area contributed by atoms with Crippen LogP contribution in [0.25, 0.3) is 0 Å². The summed E-state index contributed by atoms with van der Waals surface area (Å²) in [5.74, 6) is -1.06. The van der Waals surface area contributed by atoms with Crippen molar-refractivity contribution in [2.45, 2.75) is 6.10 Å². The van der Waals surface area contributed by atoms with Crippen molar-refractivity contribution in [1.82, 2.24) is 10.5 Å². The number of nitrogens with zero attached hydrogens (tertiary/aromatic N) is 1. The van der Waals surface area contributed by atoms with Crippen LogP contribution in [-0.2, 0) is 4.84 Å². The van der Waals surface area contributed by atoms with Gasteiger partial charge in [-0.15, -0.1) is 0 Å². The van der Waals surface area contributed by atoms with Crippen LogP contribution in [0.15, 0.2) is 36.7 Å². The SMILES string of the molecule is O=C(NOC[C@@H](O)CO)c1ccncc1Nc1ccc(I)cc1F. The lowest BCUT2D eigenvalue weighted by Crippen LogP contribution is -2.30. The molecule has 0 unspecified atom stereocenters. The fraction of sp³-hybridized carbons (Fsp3) is 0.200. The zero-order valence-corrected chi connectivity index (χ0v) is 14.5. The molecule has 7 nitrogen and oxygen atoms in total. The van der Waals surface area contributed by atoms with Gasteiger partial charge in [-0.05, 0) is 46.9 Å². The minimum absolute atomic E-state index is 0.182. The second kappa shape index (κ2) is 8.87. The highest BCUT2D eigenvalue weighted by molar-refractivity contribution is 14.1. The van der Waals surface area contributed by atoms with Gasteiger partial charge < -0.3 is 15.5 Å². The Kier molecular flexibility index (Phi) is 6.85. The number of aliphatic hydroxyl groups excluding tert-OH is 2. The van der Waals surface area contributed by atoms with Crippen LogP contribution >= 0.6 is 22.6 Å². The summed E-state index contributed by atoms with van der Waals surface area (Å²) in [4.78, 5) is 20.8. The van der Waals surface area contributed by atoms with Gasteiger partial charge in [-0.1, -0.05) is 0 Å². The van der Waals surface area contributed by atoms with Crippen molar-refractivity contribution >= 4 is 39.9 Å². The number of pyridine rings is 1. The summed E-state index contributed by atoms with van der Waals surface area (Å²) in [6, 6.07) is 6.08. The van der Waals surface area contributed by atoms with E-state index in [1.807, 2.05) is 22.6 Å². The molecule has 0 bridgehead atoms. The fourth-order valence-electron chi connectivity index (χ4n) is 1.74. The van der Waals surface area contributed by atoms with E-state index in [2.05, 4.69) is 15.8 Å². The molecule has 128 valence electrons. The second-order valence-electron chi connectivity index (χ2n) is 4.75. The van der Waals surface area contributed by atoms with Crippen LogP contribution in [0.3, 0.4) is 0 Å². The summed E-state index contributed by atoms with van der Waals surface area (Å²) in [7, 11) is 0. The zero-order valence-electron chi connectivity index (χ0n) is 12.4. The number of carbonyl (C=O) groups excluding carboxylic acids is 1. The number of carbonyl (C=O) groups is 1. The summed E-state index contributed by atoms with van der Waals surface area (Å²) in [5.41, 5.74) is 2.82. The molecule has 1 amide bonds. The Morgan fingerprint density at radius 2 is 2.17 bits per heavy atom. The molecule has 0 fully saturated rings. The minimum Gasteiger partial charge on any atom is -0.394 e. The van der Waals surface area contributed by atoms with Crippen molar-refractivity contribution in [3.63, 3.8) is 0 Å². The Bertz CT molecular complexity index is 717. The Balaban J connectivity index is 2.10. The van der Waals surface area contributed by atoms with Gasteiger partial charge in [0, 0.05) is 9.77 Å². The molecule has 0 saturated heterocycles. The molecule has 1 heterocycles. The molecule has 0 spiro atoms. The van der Waals surface area contributed by atoms with Gasteiger partial charge in [-0.2, -0.15) is 0 Å². The first-order valence-electron chi connectivity index (χ1n) is 6.88. The highest BCUT2D eigenvalue weighted by Gasteiger charge is 2.14. The predicted molar refractivity (Wildman–Crippen MR) is 93.1 cm³/mol. The lowest BCUT2D eigenvalue weighted by atomic mass is 10.2. The van der Waals surface area contributed by atoms with Gasteiger partial charge in [-0.25, -0.2) is 9.87 Å². The van der Waals surface area contributed by atoms with Gasteiger partial charge in [0.25, 0.3) is 5.91 Å². The molecule has 0 saturated carbocycles. The number of nitrogens with one attached hydrogen (secondary N) is 2. The number of amides is 1. The zero-order chi connectivity index (χ0) is 17.5. The Morgan fingerprint density at radius 1 is 1.38 bits per heavy atom. The van der Waals surface area contributed by atoms with Crippen LogP contribution in [0.5, 0.6) is 0 Å². The van der Waals surface area contributed by atoms with E-state index in [0.717, 1.165) is 3.57 Å². The van der Waals surface area contributed by atoms with Gasteiger partial charge in [0.05, 0.1) is 29.7 Å². The first-order chi connectivity index (χ1) is 11.5. The van der Waals surface area contributed by atoms with Gasteiger partial charge in [0.1, 0.15) is 18.5 Å². The Morgan fingerprint density at radius 3 is 2.88 bits per heavy atom. The number of aliphatic hydroxyl groups is 2. The topological polar surface area (TPSA) is 104 Å². The van der Waals surface area contributed by atoms with Crippen molar-refractivity contribution in [2.75, 3.05) is 18.5 Å². The quantitative estimate of drug-likeness (QED) is 0.380. The molecule has 0 radical (unpaired) electrons. The van der Waals surface area contributed by atoms with Gasteiger partial charge in [0.2, 0.25) is 0 Å². The lowest BCUT2D eigenvalue weighted by molar-refractivity contribution is -0.0295. The average Bonchev–Trinajstić information content (AvgIpc) is 2.57. The summed E-state index contributed by atoms with van der Waals surface area (Å²) in [5, 5.41) is 20.6. The van der Waals surface area contributed by atoms with Crippen LogP contribution in [0, 0.1) is 9.39 Å². The van der Waals surface area contributed by atoms with Crippen LogP contribution in [0.2, 0.25) is 0 Å². The maximum Gasteiger partial charge on any atom is 0.277 e. The molecule has 0 aliphatic carbocycles. The molecule has 4 N–H and O–H groups in total. The van der Waals surface area contributed by atoms with E-state index in [-0.39, 0.29) is 17.9 Å². The smallest absolute Gasteiger partial charge is 0.277 e. The average molecular weight is 447 g/mol. The number of anilines is 2. The van der Waals surface area contributed by atoms with E-state index in [0.29, 0.717) is 5.69 Å². The van der Waals surface area contributed by atoms with E-state index < -0.39 is 24.4 Å². The largest absolute Gasteiger partial charge is 0.394 e. The number of hydrogen-bond donors (Lipinski definition) is 4. The number of halogens is 2. The lowest BCUT2D eigenvalue weighted by Gasteiger charge is -2.13. The molecule has 9 heteroatoms. The molecule has 24 heavy (non-hydrogen) atoms. The molecular formula is C15H15FIN3O4. The van der Waals surface area contributed by atoms with Crippen LogP contribution in [0.4, 0.5) is 15.8 Å². The van der Waals surface area contributed by atoms with Crippen molar-refractivity contribution in [1.29, 1.82) is 0 Å². The van der Waals surface area contributed by atoms with Crippen LogP contribution in [0.1, 0.15) is 10.4 Å². The summed E-state index contributed by atoms with van der Waals surface area (Å²) < 4.78 is 14.7. The number of hydrogen-bond acceptors (Lipinski definition) is 6. The third kappa shape index (κ3) is 5.09.